The minimum absolute atomic E-state index is 0.163. The third-order valence-corrected chi connectivity index (χ3v) is 5.82. The Kier molecular flexibility index (Phi) is 6.23. The molecule has 0 saturated carbocycles. The molecule has 1 unspecified atom stereocenters. The Morgan fingerprint density at radius 3 is 2.82 bits per heavy atom. The summed E-state index contributed by atoms with van der Waals surface area (Å²) in [7, 11) is 0. The Labute approximate surface area is 176 Å². The van der Waals surface area contributed by atoms with Crippen molar-refractivity contribution in [2.75, 3.05) is 11.4 Å². The molecule has 0 fully saturated rings. The number of nitrogens with zero attached hydrogens (tertiary/aromatic N) is 2. The van der Waals surface area contributed by atoms with Crippen molar-refractivity contribution in [3.63, 3.8) is 0 Å². The number of amides is 1. The molecule has 3 rings (SSSR count). The van der Waals surface area contributed by atoms with Crippen LogP contribution in [0.25, 0.3) is 0 Å². The van der Waals surface area contributed by atoms with Gasteiger partial charge in [0, 0.05) is 27.8 Å². The average molecular weight is 442 g/mol. The van der Waals surface area contributed by atoms with E-state index in [9.17, 15) is 4.79 Å². The molecule has 5 heteroatoms. The van der Waals surface area contributed by atoms with Gasteiger partial charge in [-0.15, -0.1) is 0 Å². The lowest BCUT2D eigenvalue weighted by Crippen LogP contribution is -2.48. The van der Waals surface area contributed by atoms with Crippen LogP contribution in [0.1, 0.15) is 67.9 Å². The number of fused-ring (bicyclic) bond motifs is 1. The van der Waals surface area contributed by atoms with Crippen LogP contribution in [0.3, 0.4) is 0 Å². The fourth-order valence-electron chi connectivity index (χ4n) is 4.10. The van der Waals surface area contributed by atoms with Crippen LogP contribution < -0.4 is 10.3 Å². The van der Waals surface area contributed by atoms with Crippen LogP contribution >= 0.6 is 15.9 Å². The van der Waals surface area contributed by atoms with Gasteiger partial charge in [0.25, 0.3) is 5.91 Å². The molecule has 1 atom stereocenters. The molecule has 0 aromatic heterocycles. The van der Waals surface area contributed by atoms with Crippen molar-refractivity contribution in [3.8, 4) is 0 Å². The van der Waals surface area contributed by atoms with E-state index in [1.807, 2.05) is 12.1 Å². The van der Waals surface area contributed by atoms with E-state index >= 15 is 0 Å². The smallest absolute Gasteiger partial charge is 0.271 e. The number of rotatable bonds is 5. The van der Waals surface area contributed by atoms with Gasteiger partial charge >= 0.3 is 0 Å². The maximum Gasteiger partial charge on any atom is 0.271 e. The number of carbonyl (C=O) groups is 1. The summed E-state index contributed by atoms with van der Waals surface area (Å²) in [6.45, 7) is 10.2. The molecule has 4 nitrogen and oxygen atoms in total. The molecule has 0 spiro atoms. The van der Waals surface area contributed by atoms with Gasteiger partial charge in [0.15, 0.2) is 0 Å². The first-order valence-electron chi connectivity index (χ1n) is 9.82. The first-order valence-corrected chi connectivity index (χ1v) is 10.6. The summed E-state index contributed by atoms with van der Waals surface area (Å²) in [5.74, 6) is 0.266. The fraction of sp³-hybridized carbons (Fsp3) is 0.391. The van der Waals surface area contributed by atoms with E-state index in [-0.39, 0.29) is 11.4 Å². The second-order valence-electron chi connectivity index (χ2n) is 8.10. The van der Waals surface area contributed by atoms with Gasteiger partial charge < -0.3 is 4.90 Å². The van der Waals surface area contributed by atoms with E-state index in [1.165, 1.54) is 11.3 Å². The van der Waals surface area contributed by atoms with Gasteiger partial charge in [-0.05, 0) is 74.1 Å². The SMILES string of the molecule is CCCN1c2ccc(/C=N\NC(=O)c3cccc(Br)c3)cc2C(C)CC1(C)C. The summed E-state index contributed by atoms with van der Waals surface area (Å²) in [4.78, 5) is 14.7. The molecule has 1 aliphatic rings. The molecular weight excluding hydrogens is 414 g/mol. The van der Waals surface area contributed by atoms with Crippen LogP contribution in [-0.4, -0.2) is 24.2 Å². The average Bonchev–Trinajstić information content (AvgIpc) is 2.65. The maximum atomic E-state index is 12.2. The molecule has 1 aliphatic heterocycles. The predicted octanol–water partition coefficient (Wildman–Crippen LogP) is 5.72. The summed E-state index contributed by atoms with van der Waals surface area (Å²) in [6, 6.07) is 13.7. The van der Waals surface area contributed by atoms with Crippen LogP contribution in [-0.2, 0) is 0 Å². The predicted molar refractivity (Wildman–Crippen MR) is 120 cm³/mol. The third-order valence-electron chi connectivity index (χ3n) is 5.32. The molecule has 0 saturated heterocycles. The quantitative estimate of drug-likeness (QED) is 0.476. The molecule has 0 radical (unpaired) electrons. The first kappa shape index (κ1) is 20.6. The number of hydrogen-bond acceptors (Lipinski definition) is 3. The molecule has 0 aliphatic carbocycles. The van der Waals surface area contributed by atoms with Crippen molar-refractivity contribution in [2.45, 2.75) is 52.0 Å². The van der Waals surface area contributed by atoms with E-state index in [2.05, 4.69) is 77.3 Å². The standard InChI is InChI=1S/C23H28BrN3O/c1-5-11-27-21-10-9-17(12-20(21)16(2)14-23(27,3)4)15-25-26-22(28)18-7-6-8-19(24)13-18/h6-10,12-13,15-16H,5,11,14H2,1-4H3,(H,26,28)/b25-15-. The lowest BCUT2D eigenvalue weighted by atomic mass is 9.79. The maximum absolute atomic E-state index is 12.2. The number of hydrazone groups is 1. The molecular formula is C23H28BrN3O. The van der Waals surface area contributed by atoms with E-state index in [0.29, 0.717) is 11.5 Å². The largest absolute Gasteiger partial charge is 0.366 e. The van der Waals surface area contributed by atoms with Crippen LogP contribution in [0.15, 0.2) is 52.0 Å². The van der Waals surface area contributed by atoms with E-state index < -0.39 is 0 Å². The number of hydrogen-bond donors (Lipinski definition) is 1. The van der Waals surface area contributed by atoms with Gasteiger partial charge in [0.05, 0.1) is 6.21 Å². The highest BCUT2D eigenvalue weighted by Gasteiger charge is 2.35. The van der Waals surface area contributed by atoms with Crippen molar-refractivity contribution in [1.82, 2.24) is 5.43 Å². The lowest BCUT2D eigenvalue weighted by molar-refractivity contribution is 0.0955. The van der Waals surface area contributed by atoms with E-state index in [1.54, 1.807) is 18.3 Å². The second kappa shape index (κ2) is 8.48. The Bertz CT molecular complexity index is 891. The number of carbonyl (C=O) groups excluding carboxylic acids is 1. The number of halogens is 1. The summed E-state index contributed by atoms with van der Waals surface area (Å²) in [5, 5.41) is 4.15. The van der Waals surface area contributed by atoms with Crippen molar-refractivity contribution in [1.29, 1.82) is 0 Å². The first-order chi connectivity index (χ1) is 13.3. The third kappa shape index (κ3) is 4.46. The Morgan fingerprint density at radius 1 is 1.32 bits per heavy atom. The zero-order valence-electron chi connectivity index (χ0n) is 17.0. The summed E-state index contributed by atoms with van der Waals surface area (Å²) in [5.41, 5.74) is 7.02. The van der Waals surface area contributed by atoms with Crippen LogP contribution in [0, 0.1) is 0 Å². The summed E-state index contributed by atoms with van der Waals surface area (Å²) >= 11 is 3.38. The topological polar surface area (TPSA) is 44.7 Å². The van der Waals surface area contributed by atoms with Crippen molar-refractivity contribution in [3.05, 3.63) is 63.6 Å². The highest BCUT2D eigenvalue weighted by atomic mass is 79.9. The zero-order chi connectivity index (χ0) is 20.3. The second-order valence-corrected chi connectivity index (χ2v) is 9.01. The number of anilines is 1. The number of benzene rings is 2. The molecule has 1 amide bonds. The van der Waals surface area contributed by atoms with Crippen molar-refractivity contribution in [2.24, 2.45) is 5.10 Å². The Morgan fingerprint density at radius 2 is 2.11 bits per heavy atom. The lowest BCUT2D eigenvalue weighted by Gasteiger charge is -2.47. The van der Waals surface area contributed by atoms with Gasteiger partial charge in [0.2, 0.25) is 0 Å². The Hall–Kier alpha value is -2.14. The van der Waals surface area contributed by atoms with E-state index in [0.717, 1.165) is 29.4 Å². The van der Waals surface area contributed by atoms with Crippen LogP contribution in [0.5, 0.6) is 0 Å². The summed E-state index contributed by atoms with van der Waals surface area (Å²) in [6.07, 6.45) is 3.97. The van der Waals surface area contributed by atoms with Gasteiger partial charge in [0.1, 0.15) is 0 Å². The zero-order valence-corrected chi connectivity index (χ0v) is 18.6. The van der Waals surface area contributed by atoms with Gasteiger partial charge in [-0.25, -0.2) is 5.43 Å². The minimum Gasteiger partial charge on any atom is -0.366 e. The highest BCUT2D eigenvalue weighted by Crippen LogP contribution is 2.43. The molecule has 148 valence electrons. The number of nitrogens with one attached hydrogen (secondary N) is 1. The van der Waals surface area contributed by atoms with Gasteiger partial charge in [-0.3, -0.25) is 4.79 Å². The molecule has 1 heterocycles. The summed E-state index contributed by atoms with van der Waals surface area (Å²) < 4.78 is 0.868. The van der Waals surface area contributed by atoms with Gasteiger partial charge in [-0.1, -0.05) is 41.9 Å². The van der Waals surface area contributed by atoms with Crippen LogP contribution in [0.4, 0.5) is 5.69 Å². The normalized spacial score (nSPS) is 18.2. The Balaban J connectivity index is 1.77. The molecule has 28 heavy (non-hydrogen) atoms. The molecule has 2 aromatic carbocycles. The monoisotopic (exact) mass is 441 g/mol. The molecule has 2 aromatic rings. The van der Waals surface area contributed by atoms with Crippen molar-refractivity contribution >= 4 is 33.7 Å². The van der Waals surface area contributed by atoms with Crippen molar-refractivity contribution < 1.29 is 4.79 Å². The molecule has 1 N–H and O–H groups in total. The minimum atomic E-state index is -0.222. The highest BCUT2D eigenvalue weighted by molar-refractivity contribution is 9.10. The van der Waals surface area contributed by atoms with Crippen LogP contribution in [0.2, 0.25) is 0 Å². The van der Waals surface area contributed by atoms with E-state index in [4.69, 9.17) is 0 Å². The fourth-order valence-corrected chi connectivity index (χ4v) is 4.50. The molecule has 0 bridgehead atoms. The van der Waals surface area contributed by atoms with Gasteiger partial charge in [-0.2, -0.15) is 5.10 Å².